The molecule has 0 saturated carbocycles. The minimum atomic E-state index is -0.900. The Labute approximate surface area is 138 Å². The van der Waals surface area contributed by atoms with Gasteiger partial charge in [0, 0.05) is 0 Å². The SMILES string of the molecule is CCc1nn(-c2ccc(C(C)(C)C)cc2)c(C(C)C)c1C(=O)O. The van der Waals surface area contributed by atoms with Crippen LogP contribution in [0, 0.1) is 0 Å². The summed E-state index contributed by atoms with van der Waals surface area (Å²) < 4.78 is 1.79. The van der Waals surface area contributed by atoms with Gasteiger partial charge in [0.2, 0.25) is 0 Å². The molecule has 4 heteroatoms. The number of nitrogens with zero attached hydrogens (tertiary/aromatic N) is 2. The minimum absolute atomic E-state index is 0.0798. The van der Waals surface area contributed by atoms with Crippen molar-refractivity contribution in [2.45, 2.75) is 59.3 Å². The van der Waals surface area contributed by atoms with Gasteiger partial charge < -0.3 is 5.11 Å². The van der Waals surface area contributed by atoms with Crippen LogP contribution in [0.2, 0.25) is 0 Å². The van der Waals surface area contributed by atoms with Crippen molar-refractivity contribution in [3.05, 3.63) is 46.8 Å². The van der Waals surface area contributed by atoms with Gasteiger partial charge in [-0.25, -0.2) is 9.48 Å². The number of aromatic nitrogens is 2. The monoisotopic (exact) mass is 314 g/mol. The molecule has 1 heterocycles. The van der Waals surface area contributed by atoms with Gasteiger partial charge in [-0.05, 0) is 35.4 Å². The van der Waals surface area contributed by atoms with Crippen molar-refractivity contribution in [3.63, 3.8) is 0 Å². The zero-order chi connectivity index (χ0) is 17.4. The first-order valence-electron chi connectivity index (χ1n) is 8.12. The zero-order valence-electron chi connectivity index (χ0n) is 14.8. The number of benzene rings is 1. The standard InChI is InChI=1S/C19H26N2O2/c1-7-15-16(18(22)23)17(12(2)3)21(20-15)14-10-8-13(9-11-14)19(4,5)6/h8-12H,7H2,1-6H3,(H,22,23). The molecule has 0 radical (unpaired) electrons. The Bertz CT molecular complexity index is 704. The van der Waals surface area contributed by atoms with Gasteiger partial charge in [-0.3, -0.25) is 0 Å². The van der Waals surface area contributed by atoms with Crippen molar-refractivity contribution < 1.29 is 9.90 Å². The molecule has 124 valence electrons. The van der Waals surface area contributed by atoms with Crippen molar-refractivity contribution in [1.82, 2.24) is 9.78 Å². The normalized spacial score (nSPS) is 12.0. The van der Waals surface area contributed by atoms with E-state index >= 15 is 0 Å². The summed E-state index contributed by atoms with van der Waals surface area (Å²) in [6.07, 6.45) is 0.606. The van der Waals surface area contributed by atoms with E-state index in [0.29, 0.717) is 17.7 Å². The van der Waals surface area contributed by atoms with Gasteiger partial charge in [0.25, 0.3) is 0 Å². The number of hydrogen-bond acceptors (Lipinski definition) is 2. The topological polar surface area (TPSA) is 55.1 Å². The summed E-state index contributed by atoms with van der Waals surface area (Å²) in [7, 11) is 0. The van der Waals surface area contributed by atoms with E-state index in [0.717, 1.165) is 11.4 Å². The summed E-state index contributed by atoms with van der Waals surface area (Å²) in [6.45, 7) is 12.5. The molecule has 1 N–H and O–H groups in total. The molecule has 2 aromatic rings. The van der Waals surface area contributed by atoms with Crippen LogP contribution in [-0.4, -0.2) is 20.9 Å². The van der Waals surface area contributed by atoms with Crippen LogP contribution in [0.15, 0.2) is 24.3 Å². The molecule has 0 atom stereocenters. The number of carboxylic acid groups (broad SMARTS) is 1. The largest absolute Gasteiger partial charge is 0.478 e. The average Bonchev–Trinajstić information content (AvgIpc) is 2.86. The second kappa shape index (κ2) is 6.19. The van der Waals surface area contributed by atoms with Gasteiger partial charge in [0.1, 0.15) is 5.56 Å². The second-order valence-electron chi connectivity index (χ2n) is 7.23. The van der Waals surface area contributed by atoms with Crippen LogP contribution in [0.4, 0.5) is 0 Å². The molecule has 0 saturated heterocycles. The van der Waals surface area contributed by atoms with E-state index in [2.05, 4.69) is 38.0 Å². The highest BCUT2D eigenvalue weighted by Gasteiger charge is 2.25. The first-order valence-corrected chi connectivity index (χ1v) is 8.12. The van der Waals surface area contributed by atoms with Crippen molar-refractivity contribution in [2.24, 2.45) is 0 Å². The summed E-state index contributed by atoms with van der Waals surface area (Å²) in [5, 5.41) is 14.2. The van der Waals surface area contributed by atoms with Crippen LogP contribution < -0.4 is 0 Å². The Hall–Kier alpha value is -2.10. The quantitative estimate of drug-likeness (QED) is 0.900. The first kappa shape index (κ1) is 17.3. The number of hydrogen-bond donors (Lipinski definition) is 1. The molecule has 0 amide bonds. The molecule has 0 aliphatic carbocycles. The van der Waals surface area contributed by atoms with Gasteiger partial charge in [-0.2, -0.15) is 5.10 Å². The molecular weight excluding hydrogens is 288 g/mol. The van der Waals surface area contributed by atoms with Crippen LogP contribution >= 0.6 is 0 Å². The van der Waals surface area contributed by atoms with Crippen LogP contribution in [-0.2, 0) is 11.8 Å². The highest BCUT2D eigenvalue weighted by Crippen LogP contribution is 2.28. The molecule has 0 aliphatic rings. The molecule has 1 aromatic heterocycles. The predicted molar refractivity (Wildman–Crippen MR) is 92.7 cm³/mol. The van der Waals surface area contributed by atoms with Crippen molar-refractivity contribution >= 4 is 5.97 Å². The van der Waals surface area contributed by atoms with Gasteiger partial charge >= 0.3 is 5.97 Å². The molecule has 0 aliphatic heterocycles. The lowest BCUT2D eigenvalue weighted by Crippen LogP contribution is -2.12. The molecule has 4 nitrogen and oxygen atoms in total. The van der Waals surface area contributed by atoms with E-state index in [1.807, 2.05) is 32.9 Å². The Morgan fingerprint density at radius 1 is 1.22 bits per heavy atom. The van der Waals surface area contributed by atoms with E-state index in [4.69, 9.17) is 0 Å². The van der Waals surface area contributed by atoms with Crippen molar-refractivity contribution in [3.8, 4) is 5.69 Å². The molecule has 1 aromatic carbocycles. The van der Waals surface area contributed by atoms with Gasteiger partial charge in [-0.15, -0.1) is 0 Å². The molecule has 0 spiro atoms. The fourth-order valence-electron chi connectivity index (χ4n) is 2.79. The summed E-state index contributed by atoms with van der Waals surface area (Å²) >= 11 is 0. The molecular formula is C19H26N2O2. The maximum Gasteiger partial charge on any atom is 0.339 e. The fraction of sp³-hybridized carbons (Fsp3) is 0.474. The number of rotatable bonds is 4. The molecule has 0 bridgehead atoms. The first-order chi connectivity index (χ1) is 10.7. The van der Waals surface area contributed by atoms with E-state index < -0.39 is 5.97 Å². The summed E-state index contributed by atoms with van der Waals surface area (Å²) in [6, 6.07) is 8.22. The summed E-state index contributed by atoms with van der Waals surface area (Å²) in [4.78, 5) is 11.7. The third-order valence-electron chi connectivity index (χ3n) is 4.07. The molecule has 23 heavy (non-hydrogen) atoms. The van der Waals surface area contributed by atoms with Crippen LogP contribution in [0.1, 0.15) is 74.8 Å². The molecule has 0 unspecified atom stereocenters. The van der Waals surface area contributed by atoms with Gasteiger partial charge in [0.05, 0.1) is 17.1 Å². The predicted octanol–water partition coefficient (Wildman–Crippen LogP) is 4.55. The van der Waals surface area contributed by atoms with E-state index in [1.165, 1.54) is 5.56 Å². The van der Waals surface area contributed by atoms with E-state index in [9.17, 15) is 9.90 Å². The average molecular weight is 314 g/mol. The Morgan fingerprint density at radius 3 is 2.17 bits per heavy atom. The van der Waals surface area contributed by atoms with Gasteiger partial charge in [0.15, 0.2) is 0 Å². The Kier molecular flexibility index (Phi) is 4.64. The number of carbonyl (C=O) groups is 1. The van der Waals surface area contributed by atoms with E-state index in [-0.39, 0.29) is 11.3 Å². The zero-order valence-corrected chi connectivity index (χ0v) is 14.8. The Morgan fingerprint density at radius 2 is 1.78 bits per heavy atom. The van der Waals surface area contributed by atoms with Crippen molar-refractivity contribution in [1.29, 1.82) is 0 Å². The summed E-state index contributed by atoms with van der Waals surface area (Å²) in [5.74, 6) is -0.820. The maximum atomic E-state index is 11.7. The lowest BCUT2D eigenvalue weighted by atomic mass is 9.87. The van der Waals surface area contributed by atoms with E-state index in [1.54, 1.807) is 4.68 Å². The second-order valence-corrected chi connectivity index (χ2v) is 7.23. The van der Waals surface area contributed by atoms with Crippen LogP contribution in [0.25, 0.3) is 5.69 Å². The fourth-order valence-corrected chi connectivity index (χ4v) is 2.79. The number of carboxylic acids is 1. The lowest BCUT2D eigenvalue weighted by Gasteiger charge is -2.19. The van der Waals surface area contributed by atoms with Gasteiger partial charge in [-0.1, -0.05) is 53.7 Å². The Balaban J connectivity index is 2.61. The molecule has 2 rings (SSSR count). The summed E-state index contributed by atoms with van der Waals surface area (Å²) in [5.41, 5.74) is 3.99. The third kappa shape index (κ3) is 3.31. The van der Waals surface area contributed by atoms with Crippen LogP contribution in [0.5, 0.6) is 0 Å². The number of aromatic carboxylic acids is 1. The minimum Gasteiger partial charge on any atom is -0.478 e. The lowest BCUT2D eigenvalue weighted by molar-refractivity contribution is 0.0694. The maximum absolute atomic E-state index is 11.7. The number of aryl methyl sites for hydroxylation is 1. The molecule has 0 fully saturated rings. The van der Waals surface area contributed by atoms with Crippen molar-refractivity contribution in [2.75, 3.05) is 0 Å². The van der Waals surface area contributed by atoms with Crippen LogP contribution in [0.3, 0.4) is 0 Å². The smallest absolute Gasteiger partial charge is 0.339 e. The third-order valence-corrected chi connectivity index (χ3v) is 4.07. The highest BCUT2D eigenvalue weighted by molar-refractivity contribution is 5.90. The highest BCUT2D eigenvalue weighted by atomic mass is 16.4.